The highest BCUT2D eigenvalue weighted by molar-refractivity contribution is 5.47. The first kappa shape index (κ1) is 80.6. The fourth-order valence-corrected chi connectivity index (χ4v) is 13.1. The molecule has 0 aliphatic carbocycles. The van der Waals surface area contributed by atoms with Crippen molar-refractivity contribution in [2.24, 2.45) is 5.73 Å². The minimum absolute atomic E-state index is 0.104. The second-order valence-electron chi connectivity index (χ2n) is 28.8. The topological polar surface area (TPSA) is 155 Å². The lowest BCUT2D eigenvalue weighted by Gasteiger charge is -2.17. The van der Waals surface area contributed by atoms with Crippen LogP contribution in [0.3, 0.4) is 0 Å². The Morgan fingerprint density at radius 2 is 0.217 bits per heavy atom. The third-order valence-electron chi connectivity index (χ3n) is 19.2. The van der Waals surface area contributed by atoms with Crippen molar-refractivity contribution in [1.29, 1.82) is 0 Å². The molecule has 15 rings (SSSR count). The molecule has 2 N–H and O–H groups in total. The maximum Gasteiger partial charge on any atom is 0.123 e. The Morgan fingerprint density at radius 1 is 0.117 bits per heavy atom. The van der Waals surface area contributed by atoms with Crippen molar-refractivity contribution in [2.45, 2.75) is 99.0 Å². The summed E-state index contributed by atoms with van der Waals surface area (Å²) in [4.78, 5) is 0. The summed E-state index contributed by atoms with van der Waals surface area (Å²) in [6.45, 7) is 4.01. The molecule has 0 saturated heterocycles. The van der Waals surface area contributed by atoms with Gasteiger partial charge in [0.1, 0.15) is 173 Å². The van der Waals surface area contributed by atoms with Crippen LogP contribution in [0, 0.1) is 0 Å². The molecule has 0 heterocycles. The van der Waals surface area contributed by atoms with Crippen LogP contribution in [-0.2, 0) is 99.0 Å². The van der Waals surface area contributed by atoms with Crippen LogP contribution in [0.5, 0.6) is 80.5 Å². The van der Waals surface area contributed by atoms with Gasteiger partial charge in [0.05, 0.1) is 0 Å². The Labute approximate surface area is 701 Å². The van der Waals surface area contributed by atoms with Crippen molar-refractivity contribution >= 4 is 0 Å². The lowest BCUT2D eigenvalue weighted by Crippen LogP contribution is -2.05. The third kappa shape index (κ3) is 25.7. The minimum Gasteiger partial charge on any atom is -0.489 e. The first-order chi connectivity index (χ1) is 59.2. The molecule has 15 nitrogen and oxygen atoms in total. The van der Waals surface area contributed by atoms with E-state index >= 15 is 0 Å². The predicted octanol–water partition coefficient (Wildman–Crippen LogP) is 23.3. The normalized spacial score (nSPS) is 10.9. The zero-order valence-electron chi connectivity index (χ0n) is 66.6. The smallest absolute Gasteiger partial charge is 0.123 e. The maximum absolute atomic E-state index is 6.77. The second kappa shape index (κ2) is 42.4. The maximum atomic E-state index is 6.77. The molecule has 0 unspecified atom stereocenters. The summed E-state index contributed by atoms with van der Waals surface area (Å²) >= 11 is 0. The highest BCUT2D eigenvalue weighted by atomic mass is 16.5. The summed E-state index contributed by atoms with van der Waals surface area (Å²) in [7, 11) is 0. The molecule has 0 radical (unpaired) electrons. The predicted molar refractivity (Wildman–Crippen MR) is 465 cm³/mol. The lowest BCUT2D eigenvalue weighted by atomic mass is 10.1. The van der Waals surface area contributed by atoms with E-state index < -0.39 is 0 Å². The molecule has 0 atom stereocenters. The summed E-state index contributed by atoms with van der Waals surface area (Å²) in [5, 5.41) is 0. The van der Waals surface area contributed by atoms with Crippen LogP contribution in [0.25, 0.3) is 0 Å². The number of hydrogen-bond acceptors (Lipinski definition) is 15. The Morgan fingerprint density at radius 3 is 0.325 bits per heavy atom. The van der Waals surface area contributed by atoms with Gasteiger partial charge in [-0.1, -0.05) is 243 Å². The van der Waals surface area contributed by atoms with E-state index in [1.165, 1.54) is 0 Å². The van der Waals surface area contributed by atoms with Gasteiger partial charge in [-0.3, -0.25) is 0 Å². The average molecular weight is 1590 g/mol. The molecule has 0 amide bonds. The van der Waals surface area contributed by atoms with Crippen LogP contribution in [0.1, 0.15) is 83.5 Å². The standard InChI is InChI=1S/C105H93NO14/c106-62-85-41-92(115-71-90-51-102(117-73-86-43-94(107-63-77-25-9-1-10-26-77)56-95(44-86)108-64-78-27-11-2-12-28-78)60-103(52-90)118-74-87-45-96(109-65-79-29-13-3-14-30-79)57-97(46-87)110-66-80-31-15-4-16-32-80)55-93(42-85)116-72-91-53-104(119-75-88-47-98(111-67-81-33-17-5-18-34-81)58-99(48-88)112-68-82-35-19-6-20-36-82)61-105(54-91)120-76-89-49-100(113-69-83-37-21-7-22-38-83)59-101(50-89)114-70-84-39-23-8-24-40-84/h1-61H,62-76,106H2. The SMILES string of the molecule is NCc1cc(OCc2cc(OCc3cc(OCc4ccccc4)cc(OCc4ccccc4)c3)cc(OCc3cc(OCc4ccccc4)cc(OCc4ccccc4)c3)c2)cc(OCc2cc(OCc3cc(OCc4ccccc4)cc(OCc4ccccc4)c3)cc(OCc3cc(OCc4ccccc4)cc(OCc4ccccc4)c3)c2)c1. The summed E-state index contributed by atoms with van der Waals surface area (Å²) in [5.41, 5.74) is 20.4. The number of hydrogen-bond donors (Lipinski definition) is 1. The fraction of sp³-hybridized carbons (Fsp3) is 0.143. The van der Waals surface area contributed by atoms with Crippen molar-refractivity contribution in [3.05, 3.63) is 454 Å². The van der Waals surface area contributed by atoms with Crippen molar-refractivity contribution < 1.29 is 66.3 Å². The highest BCUT2D eigenvalue weighted by Crippen LogP contribution is 2.36. The Bertz CT molecular complexity index is 4770. The van der Waals surface area contributed by atoms with Crippen LogP contribution in [0.4, 0.5) is 0 Å². The molecule has 0 bridgehead atoms. The molecular formula is C105H93NO14. The molecule has 0 aliphatic heterocycles. The highest BCUT2D eigenvalue weighted by Gasteiger charge is 2.17. The molecule has 120 heavy (non-hydrogen) atoms. The molecule has 0 spiro atoms. The van der Waals surface area contributed by atoms with Gasteiger partial charge in [-0.2, -0.15) is 0 Å². The second-order valence-corrected chi connectivity index (χ2v) is 28.8. The zero-order chi connectivity index (χ0) is 81.4. The Balaban J connectivity index is 0.697. The molecule has 15 aromatic carbocycles. The van der Waals surface area contributed by atoms with Crippen molar-refractivity contribution in [3.8, 4) is 80.5 Å². The number of benzene rings is 15. The number of rotatable bonds is 43. The van der Waals surface area contributed by atoms with Crippen molar-refractivity contribution in [1.82, 2.24) is 0 Å². The molecule has 0 fully saturated rings. The lowest BCUT2D eigenvalue weighted by molar-refractivity contribution is 0.270. The minimum atomic E-state index is 0.104. The van der Waals surface area contributed by atoms with E-state index in [4.69, 9.17) is 72.0 Å². The van der Waals surface area contributed by atoms with Crippen LogP contribution in [0.15, 0.2) is 370 Å². The first-order valence-corrected chi connectivity index (χ1v) is 40.0. The molecule has 0 aliphatic rings. The molecule has 602 valence electrons. The first-order valence-electron chi connectivity index (χ1n) is 40.0. The van der Waals surface area contributed by atoms with Gasteiger partial charge < -0.3 is 72.0 Å². The summed E-state index contributed by atoms with van der Waals surface area (Å²) in [5.74, 6) is 8.29. The Kier molecular flexibility index (Phi) is 28.5. The van der Waals surface area contributed by atoms with Crippen molar-refractivity contribution in [3.63, 3.8) is 0 Å². The monoisotopic (exact) mass is 1590 g/mol. The Hall–Kier alpha value is -14.5. The van der Waals surface area contributed by atoms with E-state index in [-0.39, 0.29) is 46.2 Å². The molecule has 0 saturated carbocycles. The molecule has 15 heteroatoms. The van der Waals surface area contributed by atoms with E-state index in [1.54, 1.807) is 0 Å². The van der Waals surface area contributed by atoms with Crippen LogP contribution < -0.4 is 72.0 Å². The van der Waals surface area contributed by atoms with Gasteiger partial charge in [0.15, 0.2) is 0 Å². The quantitative estimate of drug-likeness (QED) is 0.0385. The van der Waals surface area contributed by atoms with E-state index in [9.17, 15) is 0 Å². The van der Waals surface area contributed by atoms with Crippen LogP contribution in [0.2, 0.25) is 0 Å². The van der Waals surface area contributed by atoms with Crippen molar-refractivity contribution in [2.75, 3.05) is 0 Å². The molecule has 0 aromatic heterocycles. The van der Waals surface area contributed by atoms with E-state index in [1.807, 2.05) is 370 Å². The van der Waals surface area contributed by atoms with Crippen LogP contribution in [-0.4, -0.2) is 0 Å². The van der Waals surface area contributed by atoms with Crippen LogP contribution >= 0.6 is 0 Å². The van der Waals surface area contributed by atoms with Gasteiger partial charge >= 0.3 is 0 Å². The summed E-state index contributed by atoms with van der Waals surface area (Å²) in [6, 6.07) is 121. The summed E-state index contributed by atoms with van der Waals surface area (Å²) in [6.07, 6.45) is 0. The summed E-state index contributed by atoms with van der Waals surface area (Å²) < 4.78 is 91.9. The number of ether oxygens (including phenoxy) is 14. The molecule has 15 aromatic rings. The zero-order valence-corrected chi connectivity index (χ0v) is 66.6. The van der Waals surface area contributed by atoms with Gasteiger partial charge in [-0.05, 0) is 168 Å². The van der Waals surface area contributed by atoms with Gasteiger partial charge in [-0.25, -0.2) is 0 Å². The van der Waals surface area contributed by atoms with Gasteiger partial charge in [0, 0.05) is 49.0 Å². The number of nitrogens with two attached hydrogens (primary N) is 1. The molecular weight excluding hydrogens is 1500 g/mol. The van der Waals surface area contributed by atoms with Gasteiger partial charge in [0.2, 0.25) is 0 Å². The fourth-order valence-electron chi connectivity index (χ4n) is 13.1. The third-order valence-corrected chi connectivity index (χ3v) is 19.2. The largest absolute Gasteiger partial charge is 0.489 e. The van der Waals surface area contributed by atoms with E-state index in [0.717, 1.165) is 83.5 Å². The van der Waals surface area contributed by atoms with E-state index in [0.29, 0.717) is 133 Å². The van der Waals surface area contributed by atoms with Gasteiger partial charge in [0.25, 0.3) is 0 Å². The van der Waals surface area contributed by atoms with E-state index in [2.05, 4.69) is 0 Å². The average Bonchev–Trinajstić information content (AvgIpc) is 0.847. The van der Waals surface area contributed by atoms with Gasteiger partial charge in [-0.15, -0.1) is 0 Å².